The number of carboxylic acid groups (broad SMARTS) is 1. The Labute approximate surface area is 160 Å². The third-order valence-electron chi connectivity index (χ3n) is 4.82. The van der Waals surface area contributed by atoms with E-state index >= 15 is 0 Å². The molecular weight excluding hydrogens is 411 g/mol. The van der Waals surface area contributed by atoms with Crippen molar-refractivity contribution >= 4 is 36.1 Å². The van der Waals surface area contributed by atoms with Gasteiger partial charge in [0.1, 0.15) is 0 Å². The summed E-state index contributed by atoms with van der Waals surface area (Å²) in [6.45, 7) is 4.47. The molecule has 2 nitrogen and oxygen atoms in total. The molecule has 23 heavy (non-hydrogen) atoms. The molecule has 0 aliphatic heterocycles. The van der Waals surface area contributed by atoms with Gasteiger partial charge in [0.15, 0.2) is 0 Å². The second-order valence-corrected chi connectivity index (χ2v) is 9.96. The summed E-state index contributed by atoms with van der Waals surface area (Å²) in [5, 5.41) is 9.83. The van der Waals surface area contributed by atoms with E-state index in [1.165, 1.54) is 85.4 Å². The van der Waals surface area contributed by atoms with Crippen LogP contribution in [0.5, 0.6) is 0 Å². The van der Waals surface area contributed by atoms with E-state index in [0.717, 1.165) is 31.4 Å². The Morgan fingerprint density at radius 3 is 1.57 bits per heavy atom. The molecule has 0 rings (SSSR count). The SMILES string of the molecule is CCCCCCCCC(CCCCCCCC)(C[S][Sn])C(=O)O. The van der Waals surface area contributed by atoms with E-state index in [2.05, 4.69) is 13.8 Å². The van der Waals surface area contributed by atoms with E-state index in [0.29, 0.717) is 0 Å². The number of carboxylic acids is 1. The van der Waals surface area contributed by atoms with Gasteiger partial charge in [0, 0.05) is 0 Å². The first-order valence-electron chi connectivity index (χ1n) is 9.65. The fraction of sp³-hybridized carbons (Fsp3) is 0.947. The van der Waals surface area contributed by atoms with Crippen molar-refractivity contribution < 1.29 is 9.90 Å². The Bertz CT molecular complexity index is 269. The average Bonchev–Trinajstić information content (AvgIpc) is 2.53. The van der Waals surface area contributed by atoms with Crippen molar-refractivity contribution in [2.75, 3.05) is 5.75 Å². The molecule has 0 aromatic heterocycles. The molecule has 0 amide bonds. The van der Waals surface area contributed by atoms with Crippen LogP contribution in [-0.2, 0) is 4.79 Å². The zero-order chi connectivity index (χ0) is 17.4. The molecule has 1 N–H and O–H groups in total. The van der Waals surface area contributed by atoms with Crippen molar-refractivity contribution in [2.45, 2.75) is 104 Å². The van der Waals surface area contributed by atoms with Crippen LogP contribution in [0.4, 0.5) is 0 Å². The number of hydrogen-bond acceptors (Lipinski definition) is 2. The minimum atomic E-state index is -0.547. The van der Waals surface area contributed by atoms with Gasteiger partial charge in [0.2, 0.25) is 0 Å². The molecule has 0 aliphatic rings. The van der Waals surface area contributed by atoms with Gasteiger partial charge >= 0.3 is 161 Å². The molecule has 0 saturated carbocycles. The quantitative estimate of drug-likeness (QED) is 0.207. The number of unbranched alkanes of at least 4 members (excludes halogenated alkanes) is 10. The van der Waals surface area contributed by atoms with Crippen LogP contribution in [0.15, 0.2) is 0 Å². The van der Waals surface area contributed by atoms with Gasteiger partial charge in [0.05, 0.1) is 0 Å². The van der Waals surface area contributed by atoms with Gasteiger partial charge in [-0.2, -0.15) is 0 Å². The fourth-order valence-corrected chi connectivity index (χ4v) is 6.22. The Balaban J connectivity index is 4.20. The van der Waals surface area contributed by atoms with Crippen LogP contribution in [0.25, 0.3) is 0 Å². The summed E-state index contributed by atoms with van der Waals surface area (Å²) >= 11 is 1.39. The molecule has 0 heterocycles. The third-order valence-corrected chi connectivity index (χ3v) is 6.75. The molecule has 0 aromatic carbocycles. The van der Waals surface area contributed by atoms with Crippen molar-refractivity contribution in [1.82, 2.24) is 0 Å². The zero-order valence-corrected chi connectivity index (χ0v) is 19.0. The van der Waals surface area contributed by atoms with E-state index < -0.39 is 11.4 Å². The topological polar surface area (TPSA) is 37.3 Å². The summed E-state index contributed by atoms with van der Waals surface area (Å²) in [7, 11) is 1.79. The van der Waals surface area contributed by atoms with E-state index in [9.17, 15) is 9.90 Å². The van der Waals surface area contributed by atoms with E-state index in [1.807, 2.05) is 0 Å². The predicted octanol–water partition coefficient (Wildman–Crippen LogP) is 6.38. The van der Waals surface area contributed by atoms with Crippen molar-refractivity contribution in [2.24, 2.45) is 5.41 Å². The molecule has 0 fully saturated rings. The summed E-state index contributed by atoms with van der Waals surface area (Å²) in [6.07, 6.45) is 16.7. The van der Waals surface area contributed by atoms with Gasteiger partial charge in [-0.15, -0.1) is 0 Å². The Kier molecular flexibility index (Phi) is 16.5. The molecular formula is C19H37O2SSn. The van der Waals surface area contributed by atoms with Crippen LogP contribution < -0.4 is 0 Å². The normalized spacial score (nSPS) is 11.8. The summed E-state index contributed by atoms with van der Waals surface area (Å²) in [5.41, 5.74) is -0.455. The number of carbonyl (C=O) groups is 1. The van der Waals surface area contributed by atoms with E-state index in [1.54, 1.807) is 8.95 Å². The molecule has 135 valence electrons. The molecule has 0 aliphatic carbocycles. The molecule has 3 radical (unpaired) electrons. The molecule has 0 atom stereocenters. The van der Waals surface area contributed by atoms with Crippen LogP contribution in [0.1, 0.15) is 104 Å². The zero-order valence-electron chi connectivity index (χ0n) is 15.4. The van der Waals surface area contributed by atoms with Crippen LogP contribution in [-0.4, -0.2) is 38.0 Å². The molecule has 4 heteroatoms. The van der Waals surface area contributed by atoms with Gasteiger partial charge in [-0.1, -0.05) is 0 Å². The second kappa shape index (κ2) is 16.1. The van der Waals surface area contributed by atoms with Crippen LogP contribution in [0.3, 0.4) is 0 Å². The first-order chi connectivity index (χ1) is 11.1. The van der Waals surface area contributed by atoms with Crippen molar-refractivity contribution in [3.8, 4) is 0 Å². The monoisotopic (exact) mass is 449 g/mol. The van der Waals surface area contributed by atoms with Gasteiger partial charge in [-0.25, -0.2) is 0 Å². The van der Waals surface area contributed by atoms with Gasteiger partial charge in [-0.05, 0) is 0 Å². The Morgan fingerprint density at radius 1 is 0.826 bits per heavy atom. The molecule has 0 unspecified atom stereocenters. The number of aliphatic carboxylic acids is 1. The Morgan fingerprint density at radius 2 is 1.22 bits per heavy atom. The van der Waals surface area contributed by atoms with E-state index in [4.69, 9.17) is 0 Å². The van der Waals surface area contributed by atoms with Crippen molar-refractivity contribution in [3.63, 3.8) is 0 Å². The average molecular weight is 448 g/mol. The predicted molar refractivity (Wildman–Crippen MR) is 104 cm³/mol. The summed E-state index contributed by atoms with van der Waals surface area (Å²) in [4.78, 5) is 11.9. The van der Waals surface area contributed by atoms with E-state index in [-0.39, 0.29) is 0 Å². The second-order valence-electron chi connectivity index (χ2n) is 6.91. The van der Waals surface area contributed by atoms with Gasteiger partial charge in [-0.3, -0.25) is 0 Å². The van der Waals surface area contributed by atoms with Crippen LogP contribution >= 0.6 is 8.95 Å². The molecule has 0 aromatic rings. The molecule has 0 bridgehead atoms. The van der Waals surface area contributed by atoms with Crippen molar-refractivity contribution in [1.29, 1.82) is 0 Å². The number of rotatable bonds is 17. The van der Waals surface area contributed by atoms with Gasteiger partial charge < -0.3 is 0 Å². The van der Waals surface area contributed by atoms with Crippen LogP contribution in [0, 0.1) is 5.41 Å². The third kappa shape index (κ3) is 11.7. The summed E-state index contributed by atoms with van der Waals surface area (Å²) in [6, 6.07) is 0. The maximum atomic E-state index is 11.9. The first-order valence-corrected chi connectivity index (χ1v) is 14.1. The fourth-order valence-electron chi connectivity index (χ4n) is 3.17. The molecule has 0 spiro atoms. The first kappa shape index (κ1) is 23.6. The van der Waals surface area contributed by atoms with Crippen molar-refractivity contribution in [3.05, 3.63) is 0 Å². The minimum absolute atomic E-state index is 0.455. The molecule has 0 saturated heterocycles. The maximum absolute atomic E-state index is 11.9. The Hall–Kier alpha value is 0.619. The summed E-state index contributed by atoms with van der Waals surface area (Å²) in [5.74, 6) is 0.263. The van der Waals surface area contributed by atoms with Gasteiger partial charge in [0.25, 0.3) is 0 Å². The standard InChI is InChI=1S/C19H38O2S.Sn/c1-3-5-7-9-11-13-15-19(17-22,18(20)21)16-14-12-10-8-6-4-2;/h22H,3-17H2,1-2H3,(H,20,21);/q;+1/p-1. The number of hydrogen-bond donors (Lipinski definition) is 1. The van der Waals surface area contributed by atoms with Crippen LogP contribution in [0.2, 0.25) is 0 Å². The summed E-state index contributed by atoms with van der Waals surface area (Å²) < 4.78 is 0.